The van der Waals surface area contributed by atoms with E-state index in [-0.39, 0.29) is 26.6 Å². The van der Waals surface area contributed by atoms with Crippen molar-refractivity contribution in [1.82, 2.24) is 14.6 Å². The van der Waals surface area contributed by atoms with Crippen LogP contribution in [0.1, 0.15) is 5.56 Å². The number of ether oxygens (including phenoxy) is 1. The van der Waals surface area contributed by atoms with Gasteiger partial charge in [-0.15, -0.1) is 10.2 Å². The number of nitrogens with one attached hydrogen (secondary N) is 1. The minimum absolute atomic E-state index is 0.0200. The molecule has 7 nitrogen and oxygen atoms in total. The lowest BCUT2D eigenvalue weighted by atomic mass is 10.3. The van der Waals surface area contributed by atoms with Gasteiger partial charge in [0.25, 0.3) is 10.0 Å². The Bertz CT molecular complexity index is 1030. The molecule has 2 heterocycles. The van der Waals surface area contributed by atoms with Crippen LogP contribution in [0, 0.1) is 6.92 Å². The summed E-state index contributed by atoms with van der Waals surface area (Å²) in [6.07, 6.45) is 1.67. The van der Waals surface area contributed by atoms with Crippen LogP contribution in [0.4, 0.5) is 5.95 Å². The molecule has 0 aliphatic heterocycles. The standard InChI is InChI=1S/C14H12Cl2N4O3S/c1-8-3-4-20-13(5-8)17-18-14(20)19-24(21,22)12-7-9(15)11(23-2)6-10(12)16/h3-7H,1-2H3,(H,18,19). The highest BCUT2D eigenvalue weighted by atomic mass is 35.5. The molecule has 0 amide bonds. The van der Waals surface area contributed by atoms with Crippen molar-refractivity contribution in [3.05, 3.63) is 46.1 Å². The van der Waals surface area contributed by atoms with Crippen LogP contribution < -0.4 is 9.46 Å². The predicted molar refractivity (Wildman–Crippen MR) is 91.5 cm³/mol. The van der Waals surface area contributed by atoms with Gasteiger partial charge in [0.1, 0.15) is 10.6 Å². The first-order chi connectivity index (χ1) is 11.3. The summed E-state index contributed by atoms with van der Waals surface area (Å²) in [4.78, 5) is -0.182. The van der Waals surface area contributed by atoms with Crippen molar-refractivity contribution in [2.24, 2.45) is 0 Å². The normalized spacial score (nSPS) is 11.7. The number of rotatable bonds is 4. The number of pyridine rings is 1. The summed E-state index contributed by atoms with van der Waals surface area (Å²) in [6, 6.07) is 6.15. The number of nitrogens with zero attached hydrogens (tertiary/aromatic N) is 3. The van der Waals surface area contributed by atoms with Crippen LogP contribution in [0.5, 0.6) is 5.75 Å². The molecule has 126 valence electrons. The van der Waals surface area contributed by atoms with Crippen LogP contribution >= 0.6 is 23.2 Å². The Morgan fingerprint density at radius 1 is 1.17 bits per heavy atom. The number of aromatic nitrogens is 3. The molecular formula is C14H12Cl2N4O3S. The predicted octanol–water partition coefficient (Wildman–Crippen LogP) is 3.15. The van der Waals surface area contributed by atoms with Crippen molar-refractivity contribution in [3.63, 3.8) is 0 Å². The molecule has 0 saturated heterocycles. The maximum absolute atomic E-state index is 12.6. The summed E-state index contributed by atoms with van der Waals surface area (Å²) in [5, 5.41) is 7.90. The first-order valence-corrected chi connectivity index (χ1v) is 8.93. The molecular weight excluding hydrogens is 375 g/mol. The van der Waals surface area contributed by atoms with Gasteiger partial charge in [-0.05, 0) is 30.7 Å². The van der Waals surface area contributed by atoms with Gasteiger partial charge in [-0.2, -0.15) is 0 Å². The summed E-state index contributed by atoms with van der Waals surface area (Å²) in [6.45, 7) is 1.90. The number of benzene rings is 1. The van der Waals surface area contributed by atoms with Gasteiger partial charge in [0, 0.05) is 12.3 Å². The molecule has 0 radical (unpaired) electrons. The van der Waals surface area contributed by atoms with Gasteiger partial charge in [0.05, 0.1) is 17.2 Å². The molecule has 0 fully saturated rings. The van der Waals surface area contributed by atoms with E-state index >= 15 is 0 Å². The zero-order valence-electron chi connectivity index (χ0n) is 12.6. The van der Waals surface area contributed by atoms with Crippen LogP contribution in [0.15, 0.2) is 35.4 Å². The number of methoxy groups -OCH3 is 1. The van der Waals surface area contributed by atoms with E-state index in [0.29, 0.717) is 5.65 Å². The van der Waals surface area contributed by atoms with Gasteiger partial charge in [0.2, 0.25) is 5.95 Å². The largest absolute Gasteiger partial charge is 0.495 e. The summed E-state index contributed by atoms with van der Waals surface area (Å²) in [7, 11) is -2.60. The maximum Gasteiger partial charge on any atom is 0.265 e. The van der Waals surface area contributed by atoms with E-state index in [0.717, 1.165) is 5.56 Å². The lowest BCUT2D eigenvalue weighted by Gasteiger charge is -2.10. The molecule has 0 saturated carbocycles. The minimum atomic E-state index is -4.01. The van der Waals surface area contributed by atoms with Gasteiger partial charge in [0.15, 0.2) is 5.65 Å². The number of sulfonamides is 1. The maximum atomic E-state index is 12.6. The van der Waals surface area contributed by atoms with Gasteiger partial charge < -0.3 is 4.74 Å². The summed E-state index contributed by atoms with van der Waals surface area (Å²) in [5.41, 5.74) is 1.50. The van der Waals surface area contributed by atoms with Gasteiger partial charge in [-0.25, -0.2) is 13.1 Å². The first kappa shape index (κ1) is 16.8. The average Bonchev–Trinajstić information content (AvgIpc) is 2.90. The average molecular weight is 387 g/mol. The minimum Gasteiger partial charge on any atom is -0.495 e. The third-order valence-corrected chi connectivity index (χ3v) is 5.38. The number of hydrogen-bond donors (Lipinski definition) is 1. The van der Waals surface area contributed by atoms with E-state index < -0.39 is 10.0 Å². The number of hydrogen-bond acceptors (Lipinski definition) is 5. The van der Waals surface area contributed by atoms with E-state index in [9.17, 15) is 8.42 Å². The lowest BCUT2D eigenvalue weighted by molar-refractivity contribution is 0.414. The molecule has 1 aromatic carbocycles. The second-order valence-corrected chi connectivity index (χ2v) is 7.44. The highest BCUT2D eigenvalue weighted by molar-refractivity contribution is 7.92. The SMILES string of the molecule is COc1cc(Cl)c(S(=O)(=O)Nc2nnc3cc(C)ccn23)cc1Cl. The highest BCUT2D eigenvalue weighted by Gasteiger charge is 2.22. The molecule has 24 heavy (non-hydrogen) atoms. The fraction of sp³-hybridized carbons (Fsp3) is 0.143. The van der Waals surface area contributed by atoms with E-state index in [1.807, 2.05) is 13.0 Å². The van der Waals surface area contributed by atoms with Crippen LogP contribution in [0.3, 0.4) is 0 Å². The van der Waals surface area contributed by atoms with Crippen molar-refractivity contribution in [2.45, 2.75) is 11.8 Å². The Morgan fingerprint density at radius 3 is 2.62 bits per heavy atom. The van der Waals surface area contributed by atoms with Crippen LogP contribution in [-0.4, -0.2) is 30.1 Å². The molecule has 0 spiro atoms. The molecule has 2 aromatic heterocycles. The first-order valence-electron chi connectivity index (χ1n) is 6.69. The third kappa shape index (κ3) is 3.00. The molecule has 0 bridgehead atoms. The Balaban J connectivity index is 2.03. The van der Waals surface area contributed by atoms with Gasteiger partial charge in [-0.3, -0.25) is 4.40 Å². The summed E-state index contributed by atoms with van der Waals surface area (Å²) >= 11 is 12.0. The van der Waals surface area contributed by atoms with E-state index in [2.05, 4.69) is 14.9 Å². The summed E-state index contributed by atoms with van der Waals surface area (Å²) in [5.74, 6) is 0.331. The number of anilines is 1. The van der Waals surface area contributed by atoms with E-state index in [1.54, 1.807) is 12.3 Å². The van der Waals surface area contributed by atoms with Crippen LogP contribution in [0.25, 0.3) is 5.65 Å². The Morgan fingerprint density at radius 2 is 1.92 bits per heavy atom. The molecule has 0 aliphatic carbocycles. The number of fused-ring (bicyclic) bond motifs is 1. The Hall–Kier alpha value is -2.03. The molecule has 0 aliphatic rings. The molecule has 0 unspecified atom stereocenters. The van der Waals surface area contributed by atoms with Crippen LogP contribution in [-0.2, 0) is 10.0 Å². The monoisotopic (exact) mass is 386 g/mol. The topological polar surface area (TPSA) is 85.6 Å². The lowest BCUT2D eigenvalue weighted by Crippen LogP contribution is -2.15. The molecule has 10 heteroatoms. The summed E-state index contributed by atoms with van der Waals surface area (Å²) < 4.78 is 34.1. The van der Waals surface area contributed by atoms with Gasteiger partial charge in [-0.1, -0.05) is 23.2 Å². The number of halogens is 2. The highest BCUT2D eigenvalue weighted by Crippen LogP contribution is 2.34. The number of aryl methyl sites for hydroxylation is 1. The van der Waals surface area contributed by atoms with E-state index in [4.69, 9.17) is 27.9 Å². The third-order valence-electron chi connectivity index (χ3n) is 3.29. The Kier molecular flexibility index (Phi) is 4.29. The van der Waals surface area contributed by atoms with Crippen molar-refractivity contribution >= 4 is 44.8 Å². The zero-order valence-corrected chi connectivity index (χ0v) is 14.9. The molecule has 3 aromatic rings. The molecule has 0 atom stereocenters. The molecule has 3 rings (SSSR count). The van der Waals surface area contributed by atoms with E-state index in [1.165, 1.54) is 23.6 Å². The second kappa shape index (κ2) is 6.12. The van der Waals surface area contributed by atoms with Gasteiger partial charge >= 0.3 is 0 Å². The molecule has 1 N–H and O–H groups in total. The van der Waals surface area contributed by atoms with Crippen molar-refractivity contribution < 1.29 is 13.2 Å². The quantitative estimate of drug-likeness (QED) is 0.743. The van der Waals surface area contributed by atoms with Crippen LogP contribution in [0.2, 0.25) is 10.0 Å². The van der Waals surface area contributed by atoms with Crippen molar-refractivity contribution in [3.8, 4) is 5.75 Å². The smallest absolute Gasteiger partial charge is 0.265 e. The zero-order chi connectivity index (χ0) is 17.5. The second-order valence-electron chi connectivity index (χ2n) is 4.98. The fourth-order valence-electron chi connectivity index (χ4n) is 2.11. The Labute approximate surface area is 148 Å². The van der Waals surface area contributed by atoms with Crippen molar-refractivity contribution in [1.29, 1.82) is 0 Å². The fourth-order valence-corrected chi connectivity index (χ4v) is 3.95. The van der Waals surface area contributed by atoms with Crippen molar-refractivity contribution in [2.75, 3.05) is 11.8 Å².